The van der Waals surface area contributed by atoms with Crippen molar-refractivity contribution in [3.8, 4) is 0 Å². The molecule has 0 aliphatic carbocycles. The smallest absolute Gasteiger partial charge is 0.262 e. The average molecular weight is 371 g/mol. The SMILES string of the molecule is CC1CCN(C(=O)CCn2cnc3sccc3c2=O)C(CN)C1.Cl. The maximum atomic E-state index is 12.5. The molecule has 2 unspecified atom stereocenters. The first-order chi connectivity index (χ1) is 11.1. The lowest BCUT2D eigenvalue weighted by Gasteiger charge is -2.38. The van der Waals surface area contributed by atoms with Crippen LogP contribution in [-0.2, 0) is 11.3 Å². The van der Waals surface area contributed by atoms with Crippen molar-refractivity contribution in [1.82, 2.24) is 14.5 Å². The number of hydrogen-bond donors (Lipinski definition) is 1. The maximum absolute atomic E-state index is 12.5. The van der Waals surface area contributed by atoms with E-state index in [1.165, 1.54) is 22.2 Å². The summed E-state index contributed by atoms with van der Waals surface area (Å²) in [6.07, 6.45) is 3.82. The lowest BCUT2D eigenvalue weighted by molar-refractivity contribution is -0.135. The fourth-order valence-electron chi connectivity index (χ4n) is 3.22. The van der Waals surface area contributed by atoms with E-state index in [1.807, 2.05) is 10.3 Å². The van der Waals surface area contributed by atoms with E-state index in [-0.39, 0.29) is 29.9 Å². The standard InChI is InChI=1S/C16H22N4O2S.ClH/c1-11-2-6-20(12(8-11)9-17)14(21)3-5-19-10-18-15-13(16(19)22)4-7-23-15;/h4,7,10-12H,2-3,5-6,8-9,17H2,1H3;1H. The number of amides is 1. The summed E-state index contributed by atoms with van der Waals surface area (Å²) in [5.41, 5.74) is 5.74. The van der Waals surface area contributed by atoms with E-state index < -0.39 is 0 Å². The first kappa shape index (κ1) is 18.9. The Morgan fingerprint density at radius 2 is 2.29 bits per heavy atom. The van der Waals surface area contributed by atoms with Gasteiger partial charge in [0.05, 0.1) is 11.7 Å². The van der Waals surface area contributed by atoms with E-state index in [0.717, 1.165) is 24.2 Å². The van der Waals surface area contributed by atoms with Crippen molar-refractivity contribution in [3.05, 3.63) is 28.1 Å². The Morgan fingerprint density at radius 3 is 3.04 bits per heavy atom. The normalized spacial score (nSPS) is 20.8. The van der Waals surface area contributed by atoms with Gasteiger partial charge >= 0.3 is 0 Å². The van der Waals surface area contributed by atoms with E-state index in [0.29, 0.717) is 30.8 Å². The number of hydrogen-bond acceptors (Lipinski definition) is 5. The van der Waals surface area contributed by atoms with Crippen LogP contribution in [0.5, 0.6) is 0 Å². The van der Waals surface area contributed by atoms with Crippen molar-refractivity contribution in [2.24, 2.45) is 11.7 Å². The zero-order chi connectivity index (χ0) is 16.4. The summed E-state index contributed by atoms with van der Waals surface area (Å²) in [6, 6.07) is 1.91. The minimum Gasteiger partial charge on any atom is -0.338 e. The third-order valence-corrected chi connectivity index (χ3v) is 5.41. The number of halogens is 1. The summed E-state index contributed by atoms with van der Waals surface area (Å²) in [6.45, 7) is 3.82. The molecule has 3 heterocycles. The Kier molecular flexibility index (Phi) is 6.37. The van der Waals surface area contributed by atoms with Crippen LogP contribution in [0.2, 0.25) is 0 Å². The Balaban J connectivity index is 0.00000208. The first-order valence-electron chi connectivity index (χ1n) is 8.02. The van der Waals surface area contributed by atoms with Gasteiger partial charge in [-0.15, -0.1) is 23.7 Å². The quantitative estimate of drug-likeness (QED) is 0.890. The molecule has 2 N–H and O–H groups in total. The second-order valence-electron chi connectivity index (χ2n) is 6.24. The summed E-state index contributed by atoms with van der Waals surface area (Å²) in [5.74, 6) is 0.685. The number of likely N-dealkylation sites (tertiary alicyclic amines) is 1. The van der Waals surface area contributed by atoms with Gasteiger partial charge in [-0.2, -0.15) is 0 Å². The summed E-state index contributed by atoms with van der Waals surface area (Å²) in [7, 11) is 0. The maximum Gasteiger partial charge on any atom is 0.262 e. The molecule has 1 aliphatic rings. The van der Waals surface area contributed by atoms with Crippen LogP contribution < -0.4 is 11.3 Å². The van der Waals surface area contributed by atoms with Crippen molar-refractivity contribution < 1.29 is 4.79 Å². The molecule has 132 valence electrons. The first-order valence-corrected chi connectivity index (χ1v) is 8.90. The van der Waals surface area contributed by atoms with E-state index in [4.69, 9.17) is 5.73 Å². The van der Waals surface area contributed by atoms with Crippen LogP contribution in [0, 0.1) is 5.92 Å². The fourth-order valence-corrected chi connectivity index (χ4v) is 3.94. The molecule has 24 heavy (non-hydrogen) atoms. The Bertz CT molecular complexity index is 760. The number of nitrogens with zero attached hydrogens (tertiary/aromatic N) is 3. The van der Waals surface area contributed by atoms with Crippen LogP contribution in [0.3, 0.4) is 0 Å². The highest BCUT2D eigenvalue weighted by Gasteiger charge is 2.28. The lowest BCUT2D eigenvalue weighted by Crippen LogP contribution is -2.49. The predicted octanol–water partition coefficient (Wildman–Crippen LogP) is 1.86. The number of carbonyl (C=O) groups excluding carboxylic acids is 1. The molecule has 0 aromatic carbocycles. The molecule has 6 nitrogen and oxygen atoms in total. The number of thiophene rings is 1. The van der Waals surface area contributed by atoms with E-state index in [1.54, 1.807) is 6.07 Å². The molecule has 2 aromatic heterocycles. The van der Waals surface area contributed by atoms with Crippen molar-refractivity contribution in [2.75, 3.05) is 13.1 Å². The molecular formula is C16H23ClN4O2S. The van der Waals surface area contributed by atoms with Crippen LogP contribution in [0.1, 0.15) is 26.2 Å². The number of carbonyl (C=O) groups is 1. The minimum absolute atomic E-state index is 0. The molecule has 1 saturated heterocycles. The summed E-state index contributed by atoms with van der Waals surface area (Å²) in [5, 5.41) is 2.48. The summed E-state index contributed by atoms with van der Waals surface area (Å²) < 4.78 is 1.52. The molecular weight excluding hydrogens is 348 g/mol. The summed E-state index contributed by atoms with van der Waals surface area (Å²) in [4.78, 5) is 31.7. The molecule has 1 fully saturated rings. The Labute approximate surface area is 151 Å². The highest BCUT2D eigenvalue weighted by Crippen LogP contribution is 2.22. The number of aromatic nitrogens is 2. The molecule has 8 heteroatoms. The van der Waals surface area contributed by atoms with Crippen LogP contribution >= 0.6 is 23.7 Å². The third-order valence-electron chi connectivity index (χ3n) is 4.59. The second-order valence-corrected chi connectivity index (χ2v) is 7.13. The number of aryl methyl sites for hydroxylation is 1. The van der Waals surface area contributed by atoms with E-state index >= 15 is 0 Å². The van der Waals surface area contributed by atoms with Gasteiger partial charge in [-0.3, -0.25) is 14.2 Å². The highest BCUT2D eigenvalue weighted by molar-refractivity contribution is 7.16. The molecule has 3 rings (SSSR count). The molecule has 0 spiro atoms. The largest absolute Gasteiger partial charge is 0.338 e. The van der Waals surface area contributed by atoms with Crippen molar-refractivity contribution in [2.45, 2.75) is 38.8 Å². The number of fused-ring (bicyclic) bond motifs is 1. The van der Waals surface area contributed by atoms with Gasteiger partial charge in [0, 0.05) is 32.1 Å². The van der Waals surface area contributed by atoms with Crippen LogP contribution in [0.4, 0.5) is 0 Å². The molecule has 0 bridgehead atoms. The number of nitrogens with two attached hydrogens (primary N) is 1. The average Bonchev–Trinajstić information content (AvgIpc) is 3.03. The Hall–Kier alpha value is -1.44. The monoisotopic (exact) mass is 370 g/mol. The van der Waals surface area contributed by atoms with Crippen molar-refractivity contribution >= 4 is 39.9 Å². The van der Waals surface area contributed by atoms with Gasteiger partial charge in [0.15, 0.2) is 0 Å². The topological polar surface area (TPSA) is 81.2 Å². The minimum atomic E-state index is -0.0771. The number of rotatable bonds is 4. The fraction of sp³-hybridized carbons (Fsp3) is 0.562. The van der Waals surface area contributed by atoms with Gasteiger partial charge in [-0.25, -0.2) is 4.98 Å². The second kappa shape index (κ2) is 8.09. The van der Waals surface area contributed by atoms with Crippen LogP contribution in [0.25, 0.3) is 10.2 Å². The van der Waals surface area contributed by atoms with Gasteiger partial charge in [-0.1, -0.05) is 6.92 Å². The van der Waals surface area contributed by atoms with Crippen molar-refractivity contribution in [3.63, 3.8) is 0 Å². The molecule has 0 saturated carbocycles. The van der Waals surface area contributed by atoms with Gasteiger partial charge in [0.25, 0.3) is 5.56 Å². The zero-order valence-electron chi connectivity index (χ0n) is 13.7. The van der Waals surface area contributed by atoms with E-state index in [9.17, 15) is 9.59 Å². The molecule has 2 atom stereocenters. The van der Waals surface area contributed by atoms with Crippen LogP contribution in [-0.4, -0.2) is 39.5 Å². The summed E-state index contributed by atoms with van der Waals surface area (Å²) >= 11 is 1.45. The van der Waals surface area contributed by atoms with Crippen molar-refractivity contribution in [1.29, 1.82) is 0 Å². The molecule has 2 aromatic rings. The molecule has 1 aliphatic heterocycles. The number of piperidine rings is 1. The molecule has 1 amide bonds. The lowest BCUT2D eigenvalue weighted by atomic mass is 9.92. The van der Waals surface area contributed by atoms with Gasteiger partial charge in [-0.05, 0) is 30.2 Å². The van der Waals surface area contributed by atoms with Crippen LogP contribution in [0.15, 0.2) is 22.6 Å². The third kappa shape index (κ3) is 3.79. The van der Waals surface area contributed by atoms with E-state index in [2.05, 4.69) is 11.9 Å². The van der Waals surface area contributed by atoms with Gasteiger partial charge in [0.2, 0.25) is 5.91 Å². The van der Waals surface area contributed by atoms with Gasteiger partial charge in [0.1, 0.15) is 4.83 Å². The zero-order valence-corrected chi connectivity index (χ0v) is 15.3. The Morgan fingerprint density at radius 1 is 1.50 bits per heavy atom. The van der Waals surface area contributed by atoms with Gasteiger partial charge < -0.3 is 10.6 Å². The molecule has 0 radical (unpaired) electrons. The highest BCUT2D eigenvalue weighted by atomic mass is 35.5. The predicted molar refractivity (Wildman–Crippen MR) is 98.7 cm³/mol.